The number of hydrogen-bond acceptors (Lipinski definition) is 8. The van der Waals surface area contributed by atoms with Gasteiger partial charge in [-0.25, -0.2) is 22.8 Å². The Morgan fingerprint density at radius 2 is 1.76 bits per heavy atom. The summed E-state index contributed by atoms with van der Waals surface area (Å²) in [5.41, 5.74) is 4.20. The van der Waals surface area contributed by atoms with Crippen LogP contribution in [0.15, 0.2) is 79.0 Å². The molecule has 5 rings (SSSR count). The highest BCUT2D eigenvalue weighted by atomic mass is 32.2. The molecule has 0 aliphatic heterocycles. The molecule has 0 radical (unpaired) electrons. The van der Waals surface area contributed by atoms with Crippen molar-refractivity contribution in [2.45, 2.75) is 12.2 Å². The Bertz CT molecular complexity index is 1840. The molecule has 0 bridgehead atoms. The number of para-hydroxylation sites is 1. The average molecular weight is 574 g/mol. The maximum atomic E-state index is 13.5. The lowest BCUT2D eigenvalue weighted by molar-refractivity contribution is -0.115. The first-order valence-corrected chi connectivity index (χ1v) is 14.7. The molecule has 1 amide bonds. The van der Waals surface area contributed by atoms with Gasteiger partial charge in [0.05, 0.1) is 23.4 Å². The van der Waals surface area contributed by atoms with Crippen LogP contribution in [0.1, 0.15) is 11.1 Å². The van der Waals surface area contributed by atoms with Gasteiger partial charge in [-0.3, -0.25) is 10.1 Å². The summed E-state index contributed by atoms with van der Waals surface area (Å²) in [7, 11) is 0.551. The minimum Gasteiger partial charge on any atom is -0.327 e. The van der Waals surface area contributed by atoms with Crippen molar-refractivity contribution in [2.75, 3.05) is 28.8 Å². The van der Waals surface area contributed by atoms with E-state index in [0.29, 0.717) is 40.0 Å². The second kappa shape index (κ2) is 11.3. The van der Waals surface area contributed by atoms with Crippen LogP contribution in [0.25, 0.3) is 11.0 Å². The number of hydrogen-bond donors (Lipinski definition) is 2. The van der Waals surface area contributed by atoms with Gasteiger partial charge in [-0.2, -0.15) is 4.98 Å². The van der Waals surface area contributed by atoms with Crippen LogP contribution in [-0.2, 0) is 33.9 Å². The van der Waals surface area contributed by atoms with E-state index >= 15 is 0 Å². The van der Waals surface area contributed by atoms with Crippen molar-refractivity contribution in [3.05, 3.63) is 95.9 Å². The predicted octanol–water partition coefficient (Wildman–Crippen LogP) is 4.74. The third-order valence-corrected chi connectivity index (χ3v) is 7.24. The van der Waals surface area contributed by atoms with Gasteiger partial charge in [0, 0.05) is 32.2 Å². The summed E-state index contributed by atoms with van der Waals surface area (Å²) in [4.78, 5) is 28.2. The van der Waals surface area contributed by atoms with Crippen LogP contribution < -0.4 is 15.5 Å². The quantitative estimate of drug-likeness (QED) is 0.259. The number of nitrogens with zero attached hydrogens (tertiary/aromatic N) is 5. The summed E-state index contributed by atoms with van der Waals surface area (Å²) in [6.07, 6.45) is 2.85. The number of carbonyl (C=O) groups is 1. The summed E-state index contributed by atoms with van der Waals surface area (Å²) < 4.78 is 38.4. The van der Waals surface area contributed by atoms with Crippen LogP contribution in [0.2, 0.25) is 0 Å². The monoisotopic (exact) mass is 573 g/mol. The topological polar surface area (TPSA) is 122 Å². The second-order valence-corrected chi connectivity index (χ2v) is 11.8. The van der Waals surface area contributed by atoms with Crippen LogP contribution in [0.3, 0.4) is 0 Å². The lowest BCUT2D eigenvalue weighted by Crippen LogP contribution is -2.17. The van der Waals surface area contributed by atoms with E-state index in [-0.39, 0.29) is 18.1 Å². The number of benzene rings is 3. The van der Waals surface area contributed by atoms with Crippen molar-refractivity contribution in [3.8, 4) is 0 Å². The van der Waals surface area contributed by atoms with Crippen LogP contribution >= 0.6 is 0 Å². The van der Waals surface area contributed by atoms with Gasteiger partial charge in [0.2, 0.25) is 17.8 Å². The molecule has 0 fully saturated rings. The van der Waals surface area contributed by atoms with Crippen LogP contribution in [-0.4, -0.2) is 47.1 Å². The van der Waals surface area contributed by atoms with Crippen molar-refractivity contribution in [1.29, 1.82) is 0 Å². The molecule has 2 N–H and O–H groups in total. The Hall–Kier alpha value is -4.84. The summed E-state index contributed by atoms with van der Waals surface area (Å²) in [6.45, 7) is 0. The van der Waals surface area contributed by atoms with Crippen molar-refractivity contribution < 1.29 is 17.6 Å². The van der Waals surface area contributed by atoms with Gasteiger partial charge in [0.15, 0.2) is 9.84 Å². The Labute approximate surface area is 236 Å². The normalized spacial score (nSPS) is 11.4. The molecule has 10 nitrogen and oxygen atoms in total. The van der Waals surface area contributed by atoms with Crippen molar-refractivity contribution >= 4 is 55.9 Å². The number of anilines is 5. The van der Waals surface area contributed by atoms with Gasteiger partial charge in [-0.1, -0.05) is 30.3 Å². The maximum Gasteiger partial charge on any atom is 0.231 e. The van der Waals surface area contributed by atoms with Gasteiger partial charge >= 0.3 is 0 Å². The number of sulfone groups is 1. The predicted molar refractivity (Wildman–Crippen MR) is 158 cm³/mol. The Morgan fingerprint density at radius 3 is 2.49 bits per heavy atom. The van der Waals surface area contributed by atoms with Gasteiger partial charge < -0.3 is 14.8 Å². The van der Waals surface area contributed by atoms with E-state index in [4.69, 9.17) is 4.98 Å². The van der Waals surface area contributed by atoms with Gasteiger partial charge in [-0.05, 0) is 53.6 Å². The van der Waals surface area contributed by atoms with Crippen LogP contribution in [0.5, 0.6) is 0 Å². The first-order valence-electron chi connectivity index (χ1n) is 12.7. The summed E-state index contributed by atoms with van der Waals surface area (Å²) in [6, 6.07) is 20.5. The molecule has 210 valence electrons. The van der Waals surface area contributed by atoms with E-state index in [1.54, 1.807) is 53.2 Å². The van der Waals surface area contributed by atoms with Crippen molar-refractivity contribution in [1.82, 2.24) is 19.5 Å². The summed E-state index contributed by atoms with van der Waals surface area (Å²) in [5.74, 6) is 0.610. The molecule has 0 atom stereocenters. The zero-order valence-corrected chi connectivity index (χ0v) is 23.5. The minimum absolute atomic E-state index is 0.0187. The zero-order valence-electron chi connectivity index (χ0n) is 22.7. The SMILES string of the molecule is CN(c1ccnc(Nc2ccc(CS(C)(=O)=O)cc2)n1)c1cccc2c1nc(NC(=O)Cc1cccc(F)c1)n2C. The molecule has 0 saturated carbocycles. The Morgan fingerprint density at radius 1 is 1.00 bits per heavy atom. The highest BCUT2D eigenvalue weighted by Gasteiger charge is 2.17. The highest BCUT2D eigenvalue weighted by Crippen LogP contribution is 2.31. The van der Waals surface area contributed by atoms with E-state index in [9.17, 15) is 17.6 Å². The Balaban J connectivity index is 1.35. The third-order valence-electron chi connectivity index (χ3n) is 6.38. The molecule has 5 aromatic rings. The molecule has 2 heterocycles. The van der Waals surface area contributed by atoms with E-state index in [1.165, 1.54) is 18.4 Å². The third kappa shape index (κ3) is 6.67. The smallest absolute Gasteiger partial charge is 0.231 e. The molecule has 0 unspecified atom stereocenters. The minimum atomic E-state index is -3.12. The number of fused-ring (bicyclic) bond motifs is 1. The fourth-order valence-electron chi connectivity index (χ4n) is 4.42. The number of aryl methyl sites for hydroxylation is 1. The molecule has 0 aliphatic carbocycles. The average Bonchev–Trinajstić information content (AvgIpc) is 3.23. The highest BCUT2D eigenvalue weighted by molar-refractivity contribution is 7.89. The maximum absolute atomic E-state index is 13.5. The zero-order chi connectivity index (χ0) is 29.1. The number of amides is 1. The molecular weight excluding hydrogens is 545 g/mol. The molecular formula is C29H28FN7O3S. The standard InChI is InChI=1S/C29H28FN7O3S/c1-36(25-14-15-31-28(33-25)32-22-12-10-19(11-13-22)18-41(3,39)40)23-8-5-9-24-27(23)35-29(37(24)2)34-26(38)17-20-6-4-7-21(30)16-20/h4-16H,17-18H2,1-3H3,(H,31,32,33)(H,34,35,38). The molecule has 3 aromatic carbocycles. The molecule has 0 aliphatic rings. The van der Waals surface area contributed by atoms with Crippen molar-refractivity contribution in [3.63, 3.8) is 0 Å². The van der Waals surface area contributed by atoms with Crippen molar-refractivity contribution in [2.24, 2.45) is 7.05 Å². The van der Waals surface area contributed by atoms with E-state index in [1.807, 2.05) is 37.2 Å². The van der Waals surface area contributed by atoms with Crippen LogP contribution in [0, 0.1) is 5.82 Å². The Kier molecular flexibility index (Phi) is 7.66. The number of aromatic nitrogens is 4. The van der Waals surface area contributed by atoms with Crippen LogP contribution in [0.4, 0.5) is 33.5 Å². The molecule has 41 heavy (non-hydrogen) atoms. The number of nitrogens with one attached hydrogen (secondary N) is 2. The van der Waals surface area contributed by atoms with E-state index < -0.39 is 15.7 Å². The molecule has 2 aromatic heterocycles. The second-order valence-electron chi connectivity index (χ2n) is 9.68. The fourth-order valence-corrected chi connectivity index (χ4v) is 5.22. The van der Waals surface area contributed by atoms with Gasteiger partial charge in [0.25, 0.3) is 0 Å². The summed E-state index contributed by atoms with van der Waals surface area (Å²) in [5, 5.41) is 5.98. The first-order chi connectivity index (χ1) is 19.6. The van der Waals surface area contributed by atoms with Gasteiger partial charge in [-0.15, -0.1) is 0 Å². The number of imidazole rings is 1. The number of halogens is 1. The van der Waals surface area contributed by atoms with Gasteiger partial charge in [0.1, 0.15) is 17.2 Å². The lowest BCUT2D eigenvalue weighted by Gasteiger charge is -2.19. The first kappa shape index (κ1) is 27.7. The number of carbonyl (C=O) groups excluding carboxylic acids is 1. The molecule has 0 spiro atoms. The van der Waals surface area contributed by atoms with E-state index in [2.05, 4.69) is 20.6 Å². The fraction of sp³-hybridized carbons (Fsp3) is 0.172. The lowest BCUT2D eigenvalue weighted by atomic mass is 10.1. The largest absolute Gasteiger partial charge is 0.327 e. The molecule has 12 heteroatoms. The number of rotatable bonds is 9. The van der Waals surface area contributed by atoms with E-state index in [0.717, 1.165) is 11.2 Å². The molecule has 0 saturated heterocycles. The summed E-state index contributed by atoms with van der Waals surface area (Å²) >= 11 is 0.